The van der Waals surface area contributed by atoms with Crippen LogP contribution < -0.4 is 10.2 Å². The normalized spacial score (nSPS) is 15.6. The standard InChI is InChI=1S/C26H31N3O5/c1-26(2,3)27-24(30)23(21-10-7-15-33-21)29(19-8-5-4-6-9-19)25(31)22-12-11-20(34-22)18-28-13-16-32-17-14-28/h4-12,15,23H,13-14,16-18H2,1-3H3,(H,27,30)/t23-/m1/s1. The zero-order valence-electron chi connectivity index (χ0n) is 19.8. The van der Waals surface area contributed by atoms with Gasteiger partial charge < -0.3 is 18.9 Å². The van der Waals surface area contributed by atoms with Gasteiger partial charge in [-0.1, -0.05) is 18.2 Å². The van der Waals surface area contributed by atoms with Crippen molar-refractivity contribution in [3.05, 3.63) is 78.1 Å². The first kappa shape index (κ1) is 23.8. The number of anilines is 1. The molecule has 0 spiro atoms. The number of ether oxygens (including phenoxy) is 1. The van der Waals surface area contributed by atoms with Gasteiger partial charge in [0.15, 0.2) is 11.8 Å². The highest BCUT2D eigenvalue weighted by molar-refractivity contribution is 6.08. The van der Waals surface area contributed by atoms with Crippen LogP contribution >= 0.6 is 0 Å². The molecule has 0 unspecified atom stereocenters. The van der Waals surface area contributed by atoms with Gasteiger partial charge in [0, 0.05) is 24.3 Å². The Balaban J connectivity index is 1.68. The molecule has 1 aliphatic rings. The number of furan rings is 2. The molecule has 0 bridgehead atoms. The van der Waals surface area contributed by atoms with Gasteiger partial charge in [0.25, 0.3) is 11.8 Å². The van der Waals surface area contributed by atoms with E-state index >= 15 is 0 Å². The molecule has 1 aromatic carbocycles. The van der Waals surface area contributed by atoms with E-state index in [-0.39, 0.29) is 11.7 Å². The molecular weight excluding hydrogens is 434 g/mol. The van der Waals surface area contributed by atoms with E-state index in [1.807, 2.05) is 45.0 Å². The molecular formula is C26H31N3O5. The van der Waals surface area contributed by atoms with E-state index in [0.29, 0.717) is 37.0 Å². The third kappa shape index (κ3) is 5.76. The Labute approximate surface area is 199 Å². The van der Waals surface area contributed by atoms with Crippen LogP contribution in [0.3, 0.4) is 0 Å². The largest absolute Gasteiger partial charge is 0.467 e. The summed E-state index contributed by atoms with van der Waals surface area (Å²) in [6.45, 7) is 9.26. The van der Waals surface area contributed by atoms with Crippen LogP contribution in [0.1, 0.15) is 48.9 Å². The zero-order chi connectivity index (χ0) is 24.1. The number of benzene rings is 1. The smallest absolute Gasteiger partial charge is 0.295 e. The minimum Gasteiger partial charge on any atom is -0.467 e. The first-order valence-corrected chi connectivity index (χ1v) is 11.4. The Morgan fingerprint density at radius 3 is 2.41 bits per heavy atom. The summed E-state index contributed by atoms with van der Waals surface area (Å²) in [6, 6.07) is 14.9. The number of morpholine rings is 1. The van der Waals surface area contributed by atoms with Crippen molar-refractivity contribution in [1.29, 1.82) is 0 Å². The second-order valence-electron chi connectivity index (χ2n) is 9.32. The average molecular weight is 466 g/mol. The third-order valence-electron chi connectivity index (χ3n) is 5.43. The maximum atomic E-state index is 13.8. The summed E-state index contributed by atoms with van der Waals surface area (Å²) in [4.78, 5) is 30.9. The third-order valence-corrected chi connectivity index (χ3v) is 5.43. The monoisotopic (exact) mass is 465 g/mol. The molecule has 0 aliphatic carbocycles. The fourth-order valence-electron chi connectivity index (χ4n) is 3.91. The highest BCUT2D eigenvalue weighted by Crippen LogP contribution is 2.31. The molecule has 0 radical (unpaired) electrons. The number of para-hydroxylation sites is 1. The van der Waals surface area contributed by atoms with Gasteiger partial charge >= 0.3 is 0 Å². The Morgan fingerprint density at radius 2 is 1.76 bits per heavy atom. The van der Waals surface area contributed by atoms with Gasteiger partial charge in [-0.05, 0) is 57.2 Å². The van der Waals surface area contributed by atoms with Crippen molar-refractivity contribution in [1.82, 2.24) is 10.2 Å². The Morgan fingerprint density at radius 1 is 1.03 bits per heavy atom. The lowest BCUT2D eigenvalue weighted by Gasteiger charge is -2.31. The maximum Gasteiger partial charge on any atom is 0.295 e. The van der Waals surface area contributed by atoms with Crippen LogP contribution in [0.2, 0.25) is 0 Å². The van der Waals surface area contributed by atoms with Gasteiger partial charge in [-0.15, -0.1) is 0 Å². The molecule has 1 aliphatic heterocycles. The number of carbonyl (C=O) groups excluding carboxylic acids is 2. The van der Waals surface area contributed by atoms with Crippen molar-refractivity contribution < 1.29 is 23.2 Å². The average Bonchev–Trinajstić information content (AvgIpc) is 3.49. The molecule has 3 aromatic rings. The Bertz CT molecular complexity index is 1080. The summed E-state index contributed by atoms with van der Waals surface area (Å²) in [5.74, 6) is 0.433. The topological polar surface area (TPSA) is 88.2 Å². The lowest BCUT2D eigenvalue weighted by atomic mass is 10.1. The Kier molecular flexibility index (Phi) is 7.19. The predicted molar refractivity (Wildman–Crippen MR) is 127 cm³/mol. The highest BCUT2D eigenvalue weighted by atomic mass is 16.5. The van der Waals surface area contributed by atoms with E-state index in [1.165, 1.54) is 11.2 Å². The first-order chi connectivity index (χ1) is 16.3. The molecule has 34 heavy (non-hydrogen) atoms. The summed E-state index contributed by atoms with van der Waals surface area (Å²) in [6.07, 6.45) is 1.49. The minimum absolute atomic E-state index is 0.159. The molecule has 1 fully saturated rings. The number of amides is 2. The second-order valence-corrected chi connectivity index (χ2v) is 9.32. The quantitative estimate of drug-likeness (QED) is 0.567. The van der Waals surface area contributed by atoms with Gasteiger partial charge in [-0.25, -0.2) is 0 Å². The predicted octanol–water partition coefficient (Wildman–Crippen LogP) is 4.01. The summed E-state index contributed by atoms with van der Waals surface area (Å²) < 4.78 is 17.0. The molecule has 8 heteroatoms. The first-order valence-electron chi connectivity index (χ1n) is 11.4. The van der Waals surface area contributed by atoms with Gasteiger partial charge in [0.1, 0.15) is 11.5 Å². The van der Waals surface area contributed by atoms with Crippen molar-refractivity contribution in [2.45, 2.75) is 38.9 Å². The molecule has 2 aromatic heterocycles. The number of hydrogen-bond donors (Lipinski definition) is 1. The van der Waals surface area contributed by atoms with E-state index < -0.39 is 17.5 Å². The highest BCUT2D eigenvalue weighted by Gasteiger charge is 2.37. The number of nitrogens with zero attached hydrogens (tertiary/aromatic N) is 2. The van der Waals surface area contributed by atoms with Crippen molar-refractivity contribution >= 4 is 17.5 Å². The summed E-state index contributed by atoms with van der Waals surface area (Å²) in [7, 11) is 0. The SMILES string of the molecule is CC(C)(C)NC(=O)[C@@H](c1ccco1)N(C(=O)c1ccc(CN2CCOCC2)o1)c1ccccc1. The van der Waals surface area contributed by atoms with Gasteiger partial charge in [-0.3, -0.25) is 19.4 Å². The summed E-state index contributed by atoms with van der Waals surface area (Å²) in [5, 5.41) is 2.98. The molecule has 2 amide bonds. The van der Waals surface area contributed by atoms with Crippen LogP contribution in [0.15, 0.2) is 69.7 Å². The molecule has 1 saturated heterocycles. The van der Waals surface area contributed by atoms with Crippen LogP contribution in [0, 0.1) is 0 Å². The molecule has 4 rings (SSSR count). The molecule has 3 heterocycles. The molecule has 1 N–H and O–H groups in total. The number of rotatable bonds is 7. The molecule has 180 valence electrons. The van der Waals surface area contributed by atoms with Crippen LogP contribution in [0.4, 0.5) is 5.69 Å². The maximum absolute atomic E-state index is 13.8. The van der Waals surface area contributed by atoms with E-state index in [9.17, 15) is 9.59 Å². The lowest BCUT2D eigenvalue weighted by molar-refractivity contribution is -0.124. The van der Waals surface area contributed by atoms with E-state index in [0.717, 1.165) is 13.1 Å². The van der Waals surface area contributed by atoms with Crippen molar-refractivity contribution in [3.8, 4) is 0 Å². The Hall–Kier alpha value is -3.36. The van der Waals surface area contributed by atoms with Crippen molar-refractivity contribution in [3.63, 3.8) is 0 Å². The van der Waals surface area contributed by atoms with Gasteiger partial charge in [0.2, 0.25) is 0 Å². The number of hydrogen-bond acceptors (Lipinski definition) is 6. The van der Waals surface area contributed by atoms with Gasteiger partial charge in [0.05, 0.1) is 26.0 Å². The van der Waals surface area contributed by atoms with E-state index in [2.05, 4.69) is 10.2 Å². The lowest BCUT2D eigenvalue weighted by Crippen LogP contribution is -2.49. The molecule has 1 atom stereocenters. The van der Waals surface area contributed by atoms with Crippen molar-refractivity contribution in [2.24, 2.45) is 0 Å². The zero-order valence-corrected chi connectivity index (χ0v) is 19.8. The van der Waals surface area contributed by atoms with Crippen LogP contribution in [-0.4, -0.2) is 48.6 Å². The van der Waals surface area contributed by atoms with Crippen LogP contribution in [-0.2, 0) is 16.1 Å². The van der Waals surface area contributed by atoms with E-state index in [4.69, 9.17) is 13.6 Å². The summed E-state index contributed by atoms with van der Waals surface area (Å²) in [5.41, 5.74) is 0.0627. The number of nitrogens with one attached hydrogen (secondary N) is 1. The molecule has 0 saturated carbocycles. The van der Waals surface area contributed by atoms with Crippen LogP contribution in [0.25, 0.3) is 0 Å². The van der Waals surface area contributed by atoms with Crippen LogP contribution in [0.5, 0.6) is 0 Å². The van der Waals surface area contributed by atoms with Crippen molar-refractivity contribution in [2.75, 3.05) is 31.2 Å². The summed E-state index contributed by atoms with van der Waals surface area (Å²) >= 11 is 0. The van der Waals surface area contributed by atoms with E-state index in [1.54, 1.807) is 30.3 Å². The number of carbonyl (C=O) groups is 2. The second kappa shape index (κ2) is 10.3. The van der Waals surface area contributed by atoms with Gasteiger partial charge in [-0.2, -0.15) is 0 Å². The minimum atomic E-state index is -1.02. The molecule has 8 nitrogen and oxygen atoms in total. The fourth-order valence-corrected chi connectivity index (χ4v) is 3.91. The fraction of sp³-hybridized carbons (Fsp3) is 0.385.